The van der Waals surface area contributed by atoms with E-state index in [-0.39, 0.29) is 12.1 Å². The lowest BCUT2D eigenvalue weighted by Gasteiger charge is -2.24. The molecule has 0 aliphatic carbocycles. The fraction of sp³-hybridized carbons (Fsp3) is 0.833. The second kappa shape index (κ2) is 7.51. The van der Waals surface area contributed by atoms with Crippen LogP contribution in [0, 0.1) is 0 Å². The Kier molecular flexibility index (Phi) is 6.32. The van der Waals surface area contributed by atoms with Gasteiger partial charge in [0.25, 0.3) is 0 Å². The fourth-order valence-corrected chi connectivity index (χ4v) is 2.85. The van der Waals surface area contributed by atoms with Crippen LogP contribution < -0.4 is 5.32 Å². The average molecular weight is 274 g/mol. The molecular formula is C12H22N2O3S. The van der Waals surface area contributed by atoms with Gasteiger partial charge in [-0.15, -0.1) is 0 Å². The highest BCUT2D eigenvalue weighted by Crippen LogP contribution is 2.17. The number of carboxylic acids is 1. The van der Waals surface area contributed by atoms with Crippen LogP contribution in [0.1, 0.15) is 33.1 Å². The standard InChI is InChI=1S/C12H22N2O3S/c1-3-18-8-6-9(2)13-12(17)14-7-4-5-10(14)11(15)16/h9-10H,3-8H2,1-2H3,(H,13,17)(H,15,16)/t9?,10-/m1/s1. The van der Waals surface area contributed by atoms with E-state index in [4.69, 9.17) is 5.11 Å². The van der Waals surface area contributed by atoms with Crippen molar-refractivity contribution in [1.82, 2.24) is 10.2 Å². The van der Waals surface area contributed by atoms with Gasteiger partial charge in [-0.3, -0.25) is 0 Å². The minimum atomic E-state index is -0.906. The van der Waals surface area contributed by atoms with Gasteiger partial charge in [0.05, 0.1) is 0 Å². The summed E-state index contributed by atoms with van der Waals surface area (Å²) in [7, 11) is 0. The number of rotatable bonds is 6. The third-order valence-electron chi connectivity index (χ3n) is 3.07. The zero-order valence-electron chi connectivity index (χ0n) is 11.0. The molecule has 6 heteroatoms. The Bertz CT molecular complexity index is 299. The van der Waals surface area contributed by atoms with Crippen molar-refractivity contribution in [3.63, 3.8) is 0 Å². The first-order chi connectivity index (χ1) is 8.56. The van der Waals surface area contributed by atoms with Gasteiger partial charge in [-0.25, -0.2) is 9.59 Å². The number of amides is 2. The van der Waals surface area contributed by atoms with E-state index in [0.717, 1.165) is 24.3 Å². The summed E-state index contributed by atoms with van der Waals surface area (Å²) in [6, 6.07) is -0.803. The highest BCUT2D eigenvalue weighted by Gasteiger charge is 2.34. The molecule has 1 aliphatic heterocycles. The number of likely N-dealkylation sites (tertiary alicyclic amines) is 1. The predicted molar refractivity (Wildman–Crippen MR) is 73.0 cm³/mol. The highest BCUT2D eigenvalue weighted by molar-refractivity contribution is 7.99. The number of hydrogen-bond donors (Lipinski definition) is 2. The Morgan fingerprint density at radius 2 is 2.28 bits per heavy atom. The Hall–Kier alpha value is -0.910. The quantitative estimate of drug-likeness (QED) is 0.724. The van der Waals surface area contributed by atoms with Crippen molar-refractivity contribution in [3.8, 4) is 0 Å². The first-order valence-electron chi connectivity index (χ1n) is 6.44. The lowest BCUT2D eigenvalue weighted by Crippen LogP contribution is -2.48. The topological polar surface area (TPSA) is 69.6 Å². The van der Waals surface area contributed by atoms with Crippen LogP contribution in [0.15, 0.2) is 0 Å². The summed E-state index contributed by atoms with van der Waals surface area (Å²) < 4.78 is 0. The van der Waals surface area contributed by atoms with Crippen LogP contribution in [-0.2, 0) is 4.79 Å². The maximum Gasteiger partial charge on any atom is 0.326 e. The third-order valence-corrected chi connectivity index (χ3v) is 4.00. The number of nitrogens with one attached hydrogen (secondary N) is 1. The molecule has 0 radical (unpaired) electrons. The molecule has 0 aromatic carbocycles. The number of carbonyl (C=O) groups excluding carboxylic acids is 1. The molecule has 1 unspecified atom stereocenters. The van der Waals surface area contributed by atoms with Crippen molar-refractivity contribution in [3.05, 3.63) is 0 Å². The highest BCUT2D eigenvalue weighted by atomic mass is 32.2. The minimum Gasteiger partial charge on any atom is -0.480 e. The molecule has 0 aromatic heterocycles. The molecule has 1 rings (SSSR count). The number of urea groups is 1. The SMILES string of the molecule is CCSCCC(C)NC(=O)N1CCC[C@@H]1C(=O)O. The summed E-state index contributed by atoms with van der Waals surface area (Å²) in [6.45, 7) is 4.61. The molecule has 0 bridgehead atoms. The monoisotopic (exact) mass is 274 g/mol. The van der Waals surface area contributed by atoms with Gasteiger partial charge < -0.3 is 15.3 Å². The molecule has 104 valence electrons. The third kappa shape index (κ3) is 4.40. The van der Waals surface area contributed by atoms with Crippen molar-refractivity contribution in [2.45, 2.75) is 45.2 Å². The van der Waals surface area contributed by atoms with Crippen LogP contribution in [0.5, 0.6) is 0 Å². The van der Waals surface area contributed by atoms with E-state index in [1.165, 1.54) is 4.90 Å². The molecule has 1 aliphatic rings. The van der Waals surface area contributed by atoms with Crippen LogP contribution in [-0.4, -0.2) is 52.1 Å². The molecule has 2 atom stereocenters. The molecular weight excluding hydrogens is 252 g/mol. The van der Waals surface area contributed by atoms with Gasteiger partial charge >= 0.3 is 12.0 Å². The van der Waals surface area contributed by atoms with Crippen LogP contribution >= 0.6 is 11.8 Å². The smallest absolute Gasteiger partial charge is 0.326 e. The summed E-state index contributed by atoms with van der Waals surface area (Å²) in [5.41, 5.74) is 0. The summed E-state index contributed by atoms with van der Waals surface area (Å²) >= 11 is 1.84. The van der Waals surface area contributed by atoms with E-state index < -0.39 is 12.0 Å². The second-order valence-electron chi connectivity index (χ2n) is 4.53. The lowest BCUT2D eigenvalue weighted by molar-refractivity contribution is -0.141. The Balaban J connectivity index is 2.37. The fourth-order valence-electron chi connectivity index (χ4n) is 2.04. The summed E-state index contributed by atoms with van der Waals surface area (Å²) in [5, 5.41) is 11.9. The summed E-state index contributed by atoms with van der Waals surface area (Å²) in [6.07, 6.45) is 2.24. The van der Waals surface area contributed by atoms with Gasteiger partial charge in [0.2, 0.25) is 0 Å². The first-order valence-corrected chi connectivity index (χ1v) is 7.59. The molecule has 2 N–H and O–H groups in total. The Morgan fingerprint density at radius 3 is 2.89 bits per heavy atom. The van der Waals surface area contributed by atoms with Crippen molar-refractivity contribution >= 4 is 23.8 Å². The van der Waals surface area contributed by atoms with Gasteiger partial charge in [0.15, 0.2) is 0 Å². The molecule has 0 aromatic rings. The van der Waals surface area contributed by atoms with Crippen molar-refractivity contribution < 1.29 is 14.7 Å². The molecule has 0 spiro atoms. The van der Waals surface area contributed by atoms with Gasteiger partial charge in [-0.2, -0.15) is 11.8 Å². The number of aliphatic carboxylic acids is 1. The maximum absolute atomic E-state index is 11.9. The molecule has 5 nitrogen and oxygen atoms in total. The molecule has 1 fully saturated rings. The van der Waals surface area contributed by atoms with Gasteiger partial charge in [-0.05, 0) is 37.7 Å². The normalized spacial score (nSPS) is 20.8. The maximum atomic E-state index is 11.9. The molecule has 1 heterocycles. The zero-order chi connectivity index (χ0) is 13.5. The number of carboxylic acid groups (broad SMARTS) is 1. The molecule has 18 heavy (non-hydrogen) atoms. The van der Waals surface area contributed by atoms with Crippen LogP contribution in [0.25, 0.3) is 0 Å². The number of carbonyl (C=O) groups is 2. The van der Waals surface area contributed by atoms with Gasteiger partial charge in [-0.1, -0.05) is 6.92 Å². The molecule has 2 amide bonds. The second-order valence-corrected chi connectivity index (χ2v) is 5.92. The predicted octanol–water partition coefficient (Wildman–Crippen LogP) is 1.78. The zero-order valence-corrected chi connectivity index (χ0v) is 11.8. The van der Waals surface area contributed by atoms with Crippen LogP contribution in [0.3, 0.4) is 0 Å². The van der Waals surface area contributed by atoms with Crippen molar-refractivity contribution in [2.75, 3.05) is 18.1 Å². The summed E-state index contributed by atoms with van der Waals surface area (Å²) in [5.74, 6) is 1.19. The number of nitrogens with zero attached hydrogens (tertiary/aromatic N) is 1. The Morgan fingerprint density at radius 1 is 1.56 bits per heavy atom. The van der Waals surface area contributed by atoms with E-state index in [2.05, 4.69) is 12.2 Å². The number of thioether (sulfide) groups is 1. The molecule has 0 saturated carbocycles. The average Bonchev–Trinajstić information content (AvgIpc) is 2.78. The number of hydrogen-bond acceptors (Lipinski definition) is 3. The van der Waals surface area contributed by atoms with E-state index in [9.17, 15) is 9.59 Å². The van der Waals surface area contributed by atoms with Crippen molar-refractivity contribution in [2.24, 2.45) is 0 Å². The summed E-state index contributed by atoms with van der Waals surface area (Å²) in [4.78, 5) is 24.4. The van der Waals surface area contributed by atoms with Gasteiger partial charge in [0, 0.05) is 12.6 Å². The Labute approximate surface area is 112 Å². The lowest BCUT2D eigenvalue weighted by atomic mass is 10.2. The molecule has 1 saturated heterocycles. The minimum absolute atomic E-state index is 0.0894. The van der Waals surface area contributed by atoms with E-state index in [1.807, 2.05) is 18.7 Å². The van der Waals surface area contributed by atoms with Gasteiger partial charge in [0.1, 0.15) is 6.04 Å². The van der Waals surface area contributed by atoms with Crippen molar-refractivity contribution in [1.29, 1.82) is 0 Å². The van der Waals surface area contributed by atoms with E-state index >= 15 is 0 Å². The largest absolute Gasteiger partial charge is 0.480 e. The van der Waals surface area contributed by atoms with Crippen LogP contribution in [0.4, 0.5) is 4.79 Å². The van der Waals surface area contributed by atoms with E-state index in [0.29, 0.717) is 13.0 Å². The van der Waals surface area contributed by atoms with E-state index in [1.54, 1.807) is 0 Å². The first kappa shape index (κ1) is 15.1. The van der Waals surface area contributed by atoms with Crippen LogP contribution in [0.2, 0.25) is 0 Å².